The SMILES string of the molecule is CC1(C)CC1c1ccc2c(c1)C1CC1O2. The van der Waals surface area contributed by atoms with Crippen LogP contribution in [0, 0.1) is 5.41 Å². The van der Waals surface area contributed by atoms with Gasteiger partial charge in [0.15, 0.2) is 0 Å². The van der Waals surface area contributed by atoms with Crippen LogP contribution in [-0.4, -0.2) is 6.10 Å². The average Bonchev–Trinajstić information content (AvgIpc) is 3.05. The third-order valence-electron chi connectivity index (χ3n) is 4.36. The molecule has 0 radical (unpaired) electrons. The Bertz CT molecular complexity index is 447. The van der Waals surface area contributed by atoms with Gasteiger partial charge in [-0.1, -0.05) is 26.0 Å². The van der Waals surface area contributed by atoms with E-state index in [0.29, 0.717) is 11.5 Å². The molecular weight excluding hydrogens is 184 g/mol. The van der Waals surface area contributed by atoms with Crippen molar-refractivity contribution in [1.29, 1.82) is 0 Å². The third kappa shape index (κ3) is 1.04. The Hall–Kier alpha value is -0.980. The summed E-state index contributed by atoms with van der Waals surface area (Å²) in [6.07, 6.45) is 3.13. The fraction of sp³-hybridized carbons (Fsp3) is 0.571. The second kappa shape index (κ2) is 2.23. The van der Waals surface area contributed by atoms with Gasteiger partial charge in [-0.2, -0.15) is 0 Å². The largest absolute Gasteiger partial charge is 0.489 e. The van der Waals surface area contributed by atoms with Gasteiger partial charge in [0.25, 0.3) is 0 Å². The smallest absolute Gasteiger partial charge is 0.123 e. The summed E-state index contributed by atoms with van der Waals surface area (Å²) in [4.78, 5) is 0. The zero-order valence-corrected chi connectivity index (χ0v) is 9.29. The fourth-order valence-electron chi connectivity index (χ4n) is 3.01. The molecule has 2 fully saturated rings. The minimum absolute atomic E-state index is 0.530. The molecule has 78 valence electrons. The standard InChI is InChI=1S/C14H16O/c1-14(2)7-11(14)8-3-4-12-9(5-8)10-6-13(10)15-12/h3-5,10-11,13H,6-7H2,1-2H3. The van der Waals surface area contributed by atoms with Crippen LogP contribution >= 0.6 is 0 Å². The molecule has 1 heterocycles. The van der Waals surface area contributed by atoms with E-state index in [0.717, 1.165) is 17.6 Å². The van der Waals surface area contributed by atoms with Crippen molar-refractivity contribution < 1.29 is 4.74 Å². The van der Waals surface area contributed by atoms with Crippen molar-refractivity contribution in [3.05, 3.63) is 29.3 Å². The number of benzene rings is 1. The first-order chi connectivity index (χ1) is 7.15. The summed E-state index contributed by atoms with van der Waals surface area (Å²) < 4.78 is 5.79. The summed E-state index contributed by atoms with van der Waals surface area (Å²) in [5, 5.41) is 0. The first-order valence-electron chi connectivity index (χ1n) is 5.96. The summed E-state index contributed by atoms with van der Waals surface area (Å²) in [6.45, 7) is 4.72. The monoisotopic (exact) mass is 200 g/mol. The van der Waals surface area contributed by atoms with Gasteiger partial charge in [0.1, 0.15) is 11.9 Å². The van der Waals surface area contributed by atoms with Crippen LogP contribution in [0.4, 0.5) is 0 Å². The number of fused-ring (bicyclic) bond motifs is 3. The molecule has 4 rings (SSSR count). The van der Waals surface area contributed by atoms with Crippen molar-refractivity contribution in [2.45, 2.75) is 44.6 Å². The second-order valence-corrected chi connectivity index (χ2v) is 6.04. The van der Waals surface area contributed by atoms with E-state index in [2.05, 4.69) is 32.0 Å². The minimum atomic E-state index is 0.530. The number of ether oxygens (including phenoxy) is 1. The summed E-state index contributed by atoms with van der Waals surface area (Å²) in [7, 11) is 0. The van der Waals surface area contributed by atoms with Crippen molar-refractivity contribution in [3.8, 4) is 5.75 Å². The topological polar surface area (TPSA) is 9.23 Å². The molecule has 1 aromatic rings. The Morgan fingerprint density at radius 2 is 2.13 bits per heavy atom. The van der Waals surface area contributed by atoms with E-state index in [1.165, 1.54) is 24.0 Å². The van der Waals surface area contributed by atoms with Gasteiger partial charge < -0.3 is 4.74 Å². The molecule has 3 unspecified atom stereocenters. The maximum Gasteiger partial charge on any atom is 0.123 e. The molecule has 2 saturated carbocycles. The highest BCUT2D eigenvalue weighted by molar-refractivity contribution is 5.49. The zero-order valence-electron chi connectivity index (χ0n) is 9.29. The van der Waals surface area contributed by atoms with Gasteiger partial charge in [-0.15, -0.1) is 0 Å². The number of hydrogen-bond acceptors (Lipinski definition) is 1. The lowest BCUT2D eigenvalue weighted by Gasteiger charge is -2.07. The maximum absolute atomic E-state index is 5.79. The second-order valence-electron chi connectivity index (χ2n) is 6.04. The van der Waals surface area contributed by atoms with Crippen LogP contribution in [0.1, 0.15) is 49.7 Å². The van der Waals surface area contributed by atoms with Crippen molar-refractivity contribution in [3.63, 3.8) is 0 Å². The van der Waals surface area contributed by atoms with Crippen LogP contribution in [-0.2, 0) is 0 Å². The molecule has 0 saturated heterocycles. The summed E-state index contributed by atoms with van der Waals surface area (Å²) in [5.74, 6) is 2.68. The molecule has 1 aromatic carbocycles. The first-order valence-corrected chi connectivity index (χ1v) is 5.96. The molecule has 3 atom stereocenters. The van der Waals surface area contributed by atoms with Gasteiger partial charge >= 0.3 is 0 Å². The molecule has 1 heteroatoms. The molecule has 3 aliphatic rings. The predicted octanol–water partition coefficient (Wildman–Crippen LogP) is 3.45. The quantitative estimate of drug-likeness (QED) is 0.674. The first kappa shape index (κ1) is 8.20. The van der Waals surface area contributed by atoms with E-state index in [1.54, 1.807) is 0 Å². The van der Waals surface area contributed by atoms with Gasteiger partial charge in [-0.3, -0.25) is 0 Å². The summed E-state index contributed by atoms with van der Waals surface area (Å²) in [6, 6.07) is 6.86. The summed E-state index contributed by atoms with van der Waals surface area (Å²) in [5.41, 5.74) is 3.56. The van der Waals surface area contributed by atoms with Crippen LogP contribution in [0.3, 0.4) is 0 Å². The van der Waals surface area contributed by atoms with Crippen molar-refractivity contribution in [2.75, 3.05) is 0 Å². The average molecular weight is 200 g/mol. The highest BCUT2D eigenvalue weighted by atomic mass is 16.5. The van der Waals surface area contributed by atoms with Crippen LogP contribution < -0.4 is 4.74 Å². The Morgan fingerprint density at radius 1 is 1.33 bits per heavy atom. The molecule has 0 amide bonds. The highest BCUT2D eigenvalue weighted by Gasteiger charge is 2.50. The molecule has 15 heavy (non-hydrogen) atoms. The molecule has 0 aromatic heterocycles. The number of rotatable bonds is 1. The van der Waals surface area contributed by atoms with E-state index in [4.69, 9.17) is 4.74 Å². The zero-order chi connectivity index (χ0) is 10.2. The van der Waals surface area contributed by atoms with Gasteiger partial charge in [-0.05, 0) is 35.8 Å². The van der Waals surface area contributed by atoms with Crippen LogP contribution in [0.15, 0.2) is 18.2 Å². The van der Waals surface area contributed by atoms with E-state index < -0.39 is 0 Å². The van der Waals surface area contributed by atoms with E-state index >= 15 is 0 Å². The van der Waals surface area contributed by atoms with Crippen LogP contribution in [0.2, 0.25) is 0 Å². The Kier molecular flexibility index (Phi) is 1.22. The van der Waals surface area contributed by atoms with Crippen molar-refractivity contribution in [1.82, 2.24) is 0 Å². The highest BCUT2D eigenvalue weighted by Crippen LogP contribution is 2.60. The molecule has 1 aliphatic heterocycles. The lowest BCUT2D eigenvalue weighted by atomic mass is 9.99. The van der Waals surface area contributed by atoms with Crippen LogP contribution in [0.5, 0.6) is 5.75 Å². The third-order valence-corrected chi connectivity index (χ3v) is 4.36. The number of hydrogen-bond donors (Lipinski definition) is 0. The molecule has 0 bridgehead atoms. The fourth-order valence-corrected chi connectivity index (χ4v) is 3.01. The Balaban J connectivity index is 1.74. The van der Waals surface area contributed by atoms with Gasteiger partial charge in [0.05, 0.1) is 0 Å². The lowest BCUT2D eigenvalue weighted by Crippen LogP contribution is -1.93. The normalized spacial score (nSPS) is 37.9. The minimum Gasteiger partial charge on any atom is -0.489 e. The molecule has 0 N–H and O–H groups in total. The predicted molar refractivity (Wildman–Crippen MR) is 59.4 cm³/mol. The van der Waals surface area contributed by atoms with E-state index in [-0.39, 0.29) is 0 Å². The summed E-state index contributed by atoms with van der Waals surface area (Å²) >= 11 is 0. The van der Waals surface area contributed by atoms with Gasteiger partial charge in [0, 0.05) is 11.5 Å². The van der Waals surface area contributed by atoms with Crippen molar-refractivity contribution in [2.24, 2.45) is 5.41 Å². The molecule has 0 spiro atoms. The van der Waals surface area contributed by atoms with E-state index in [9.17, 15) is 0 Å². The lowest BCUT2D eigenvalue weighted by molar-refractivity contribution is 0.318. The Labute approximate surface area is 90.4 Å². The van der Waals surface area contributed by atoms with Crippen LogP contribution in [0.25, 0.3) is 0 Å². The van der Waals surface area contributed by atoms with Gasteiger partial charge in [0.2, 0.25) is 0 Å². The maximum atomic E-state index is 5.79. The molecular formula is C14H16O. The Morgan fingerprint density at radius 3 is 2.87 bits per heavy atom. The van der Waals surface area contributed by atoms with Gasteiger partial charge in [-0.25, -0.2) is 0 Å². The van der Waals surface area contributed by atoms with E-state index in [1.807, 2.05) is 0 Å². The van der Waals surface area contributed by atoms with Crippen molar-refractivity contribution >= 4 is 0 Å². The molecule has 1 nitrogen and oxygen atoms in total. The molecule has 2 aliphatic carbocycles.